The molecule has 0 saturated carbocycles. The van der Waals surface area contributed by atoms with Crippen LogP contribution in [-0.2, 0) is 6.54 Å². The van der Waals surface area contributed by atoms with Crippen LogP contribution in [0.4, 0.5) is 5.69 Å². The Labute approximate surface area is 120 Å². The van der Waals surface area contributed by atoms with Crippen molar-refractivity contribution >= 4 is 11.5 Å². The number of nitrogens with zero attached hydrogens (tertiary/aromatic N) is 2. The van der Waals surface area contributed by atoms with E-state index in [-0.39, 0.29) is 5.78 Å². The van der Waals surface area contributed by atoms with E-state index in [1.165, 1.54) is 0 Å². The van der Waals surface area contributed by atoms with E-state index in [1.54, 1.807) is 6.20 Å². The molecule has 2 rings (SSSR count). The highest BCUT2D eigenvalue weighted by atomic mass is 16.1. The first kappa shape index (κ1) is 14.3. The molecule has 0 N–H and O–H groups in total. The van der Waals surface area contributed by atoms with Crippen LogP contribution in [-0.4, -0.2) is 17.8 Å². The maximum Gasteiger partial charge on any atom is 0.162 e. The van der Waals surface area contributed by atoms with Crippen LogP contribution in [0, 0.1) is 0 Å². The van der Waals surface area contributed by atoms with Gasteiger partial charge in [-0.05, 0) is 30.2 Å². The number of rotatable bonds is 6. The smallest absolute Gasteiger partial charge is 0.162 e. The topological polar surface area (TPSA) is 33.2 Å². The van der Waals surface area contributed by atoms with Crippen LogP contribution in [0.2, 0.25) is 0 Å². The van der Waals surface area contributed by atoms with Crippen molar-refractivity contribution in [3.63, 3.8) is 0 Å². The molecular formula is C17H20N2O. The second-order valence-corrected chi connectivity index (χ2v) is 4.94. The molecule has 3 nitrogen and oxygen atoms in total. The second kappa shape index (κ2) is 6.85. The summed E-state index contributed by atoms with van der Waals surface area (Å²) in [6, 6.07) is 11.8. The summed E-state index contributed by atoms with van der Waals surface area (Å²) in [6.07, 6.45) is 5.13. The molecule has 0 aliphatic carbocycles. The lowest BCUT2D eigenvalue weighted by Gasteiger charge is -2.19. The first-order valence-corrected chi connectivity index (χ1v) is 6.94. The maximum atomic E-state index is 11.9. The molecule has 0 saturated heterocycles. The third-order valence-electron chi connectivity index (χ3n) is 3.23. The molecule has 0 aliphatic rings. The predicted molar refractivity (Wildman–Crippen MR) is 82.0 cm³/mol. The molecule has 0 radical (unpaired) electrons. The SMILES string of the molecule is CCCC(=O)c1cccc(N(C)Cc2cccnc2)c1. The molecular weight excluding hydrogens is 248 g/mol. The normalized spacial score (nSPS) is 10.3. The minimum absolute atomic E-state index is 0.212. The van der Waals surface area contributed by atoms with Gasteiger partial charge in [0, 0.05) is 43.7 Å². The quantitative estimate of drug-likeness (QED) is 0.749. The average molecular weight is 268 g/mol. The molecule has 2 aromatic rings. The van der Waals surface area contributed by atoms with Gasteiger partial charge in [0.1, 0.15) is 0 Å². The minimum Gasteiger partial charge on any atom is -0.370 e. The number of pyridine rings is 1. The van der Waals surface area contributed by atoms with Crippen molar-refractivity contribution in [2.75, 3.05) is 11.9 Å². The molecule has 0 spiro atoms. The Kier molecular flexibility index (Phi) is 4.88. The van der Waals surface area contributed by atoms with Gasteiger partial charge < -0.3 is 4.90 Å². The highest BCUT2D eigenvalue weighted by Crippen LogP contribution is 2.18. The number of carbonyl (C=O) groups excluding carboxylic acids is 1. The molecule has 1 aromatic heterocycles. The van der Waals surface area contributed by atoms with Gasteiger partial charge in [-0.1, -0.05) is 25.1 Å². The first-order chi connectivity index (χ1) is 9.70. The zero-order valence-corrected chi connectivity index (χ0v) is 12.0. The highest BCUT2D eigenvalue weighted by molar-refractivity contribution is 5.96. The zero-order chi connectivity index (χ0) is 14.4. The van der Waals surface area contributed by atoms with E-state index in [4.69, 9.17) is 0 Å². The number of aromatic nitrogens is 1. The number of carbonyl (C=O) groups is 1. The first-order valence-electron chi connectivity index (χ1n) is 6.94. The molecule has 104 valence electrons. The number of benzene rings is 1. The minimum atomic E-state index is 0.212. The molecule has 0 unspecified atom stereocenters. The Morgan fingerprint density at radius 2 is 2.10 bits per heavy atom. The molecule has 1 aromatic carbocycles. The molecule has 0 bridgehead atoms. The lowest BCUT2D eigenvalue weighted by atomic mass is 10.1. The Balaban J connectivity index is 2.12. The molecule has 3 heteroatoms. The van der Waals surface area contributed by atoms with Gasteiger partial charge in [0.05, 0.1) is 0 Å². The van der Waals surface area contributed by atoms with Crippen molar-refractivity contribution in [2.24, 2.45) is 0 Å². The standard InChI is InChI=1S/C17H20N2O/c1-3-6-17(20)15-8-4-9-16(11-15)19(2)13-14-7-5-10-18-12-14/h4-5,7-12H,3,6,13H2,1-2H3. The predicted octanol–water partition coefficient (Wildman–Crippen LogP) is 3.70. The van der Waals surface area contributed by atoms with E-state index in [0.29, 0.717) is 6.42 Å². The number of hydrogen-bond acceptors (Lipinski definition) is 3. The summed E-state index contributed by atoms with van der Waals surface area (Å²) < 4.78 is 0. The van der Waals surface area contributed by atoms with Crippen molar-refractivity contribution in [3.8, 4) is 0 Å². The third-order valence-corrected chi connectivity index (χ3v) is 3.23. The molecule has 0 atom stereocenters. The summed E-state index contributed by atoms with van der Waals surface area (Å²) in [6.45, 7) is 2.80. The van der Waals surface area contributed by atoms with E-state index in [1.807, 2.05) is 50.5 Å². The number of hydrogen-bond donors (Lipinski definition) is 0. The fraction of sp³-hybridized carbons (Fsp3) is 0.294. The van der Waals surface area contributed by atoms with E-state index >= 15 is 0 Å². The van der Waals surface area contributed by atoms with Crippen molar-refractivity contribution < 1.29 is 4.79 Å². The summed E-state index contributed by atoms with van der Waals surface area (Å²) in [7, 11) is 2.02. The van der Waals surface area contributed by atoms with E-state index in [9.17, 15) is 4.79 Å². The van der Waals surface area contributed by atoms with Gasteiger partial charge in [-0.25, -0.2) is 0 Å². The summed E-state index contributed by atoms with van der Waals surface area (Å²) in [5, 5.41) is 0. The lowest BCUT2D eigenvalue weighted by Crippen LogP contribution is -2.16. The van der Waals surface area contributed by atoms with Gasteiger partial charge in [0.2, 0.25) is 0 Å². The maximum absolute atomic E-state index is 11.9. The zero-order valence-electron chi connectivity index (χ0n) is 12.0. The van der Waals surface area contributed by atoms with Crippen LogP contribution in [0.5, 0.6) is 0 Å². The van der Waals surface area contributed by atoms with Crippen LogP contribution < -0.4 is 4.90 Å². The summed E-state index contributed by atoms with van der Waals surface area (Å²) in [5.41, 5.74) is 3.00. The Morgan fingerprint density at radius 1 is 1.25 bits per heavy atom. The molecule has 0 aliphatic heterocycles. The average Bonchev–Trinajstić information content (AvgIpc) is 2.48. The van der Waals surface area contributed by atoms with Crippen molar-refractivity contribution in [1.82, 2.24) is 4.98 Å². The van der Waals surface area contributed by atoms with E-state index in [0.717, 1.165) is 29.8 Å². The van der Waals surface area contributed by atoms with Crippen molar-refractivity contribution in [2.45, 2.75) is 26.3 Å². The molecule has 20 heavy (non-hydrogen) atoms. The van der Waals surface area contributed by atoms with Crippen LogP contribution >= 0.6 is 0 Å². The highest BCUT2D eigenvalue weighted by Gasteiger charge is 2.08. The van der Waals surface area contributed by atoms with E-state index in [2.05, 4.69) is 16.0 Å². The van der Waals surface area contributed by atoms with E-state index < -0.39 is 0 Å². The summed E-state index contributed by atoms with van der Waals surface area (Å²) in [4.78, 5) is 18.2. The Morgan fingerprint density at radius 3 is 2.80 bits per heavy atom. The van der Waals surface area contributed by atoms with Gasteiger partial charge in [0.15, 0.2) is 5.78 Å². The monoisotopic (exact) mass is 268 g/mol. The Hall–Kier alpha value is -2.16. The largest absolute Gasteiger partial charge is 0.370 e. The fourth-order valence-corrected chi connectivity index (χ4v) is 2.14. The second-order valence-electron chi connectivity index (χ2n) is 4.94. The molecule has 0 fully saturated rings. The van der Waals surface area contributed by atoms with Gasteiger partial charge in [-0.15, -0.1) is 0 Å². The van der Waals surface area contributed by atoms with Gasteiger partial charge in [0.25, 0.3) is 0 Å². The van der Waals surface area contributed by atoms with Crippen LogP contribution in [0.15, 0.2) is 48.8 Å². The number of anilines is 1. The number of Topliss-reactive ketones (excluding diaryl/α,β-unsaturated/α-hetero) is 1. The number of ketones is 1. The van der Waals surface area contributed by atoms with Gasteiger partial charge >= 0.3 is 0 Å². The lowest BCUT2D eigenvalue weighted by molar-refractivity contribution is 0.0982. The van der Waals surface area contributed by atoms with Crippen LogP contribution in [0.3, 0.4) is 0 Å². The van der Waals surface area contributed by atoms with Crippen molar-refractivity contribution in [3.05, 3.63) is 59.9 Å². The van der Waals surface area contributed by atoms with Gasteiger partial charge in [-0.3, -0.25) is 9.78 Å². The molecule has 0 amide bonds. The summed E-state index contributed by atoms with van der Waals surface area (Å²) in [5.74, 6) is 0.212. The fourth-order valence-electron chi connectivity index (χ4n) is 2.14. The third kappa shape index (κ3) is 3.67. The summed E-state index contributed by atoms with van der Waals surface area (Å²) >= 11 is 0. The van der Waals surface area contributed by atoms with Crippen LogP contribution in [0.1, 0.15) is 35.7 Å². The Bertz CT molecular complexity index is 566. The van der Waals surface area contributed by atoms with Crippen LogP contribution in [0.25, 0.3) is 0 Å². The van der Waals surface area contributed by atoms with Gasteiger partial charge in [-0.2, -0.15) is 0 Å². The van der Waals surface area contributed by atoms with Crippen molar-refractivity contribution in [1.29, 1.82) is 0 Å². The molecule has 1 heterocycles.